The number of amides is 1. The first-order valence-corrected chi connectivity index (χ1v) is 7.31. The Balaban J connectivity index is 2.35. The van der Waals surface area contributed by atoms with Crippen molar-refractivity contribution in [3.05, 3.63) is 33.9 Å². The molecule has 0 aromatic heterocycles. The molecule has 1 heterocycles. The molecule has 114 valence electrons. The van der Waals surface area contributed by atoms with E-state index in [2.05, 4.69) is 0 Å². The molecule has 0 saturated carbocycles. The number of hydrogen-bond donors (Lipinski definition) is 0. The number of nitro benzene ring substituents is 1. The molecular weight excluding hydrogens is 296 g/mol. The predicted molar refractivity (Wildman–Crippen MR) is 79.0 cm³/mol. The second kappa shape index (κ2) is 6.76. The van der Waals surface area contributed by atoms with E-state index in [9.17, 15) is 14.9 Å². The summed E-state index contributed by atoms with van der Waals surface area (Å²) in [6.45, 7) is 3.04. The third-order valence-electron chi connectivity index (χ3n) is 3.36. The largest absolute Gasteiger partial charge is 0.487 e. The van der Waals surface area contributed by atoms with Crippen molar-refractivity contribution in [1.82, 2.24) is 4.90 Å². The zero-order valence-electron chi connectivity index (χ0n) is 11.8. The molecule has 1 fully saturated rings. The summed E-state index contributed by atoms with van der Waals surface area (Å²) in [4.78, 5) is 24.7. The van der Waals surface area contributed by atoms with Crippen LogP contribution >= 0.6 is 11.6 Å². The van der Waals surface area contributed by atoms with Crippen LogP contribution in [0.4, 0.5) is 5.69 Å². The molecule has 0 N–H and O–H groups in total. The van der Waals surface area contributed by atoms with Gasteiger partial charge >= 0.3 is 5.69 Å². The summed E-state index contributed by atoms with van der Waals surface area (Å²) in [5.74, 6) is -0.237. The van der Waals surface area contributed by atoms with Crippen molar-refractivity contribution in [2.45, 2.75) is 25.1 Å². The maximum atomic E-state index is 12.6. The summed E-state index contributed by atoms with van der Waals surface area (Å²) in [5, 5.41) is 11.0. The number of halogens is 1. The van der Waals surface area contributed by atoms with Crippen LogP contribution in [0.1, 0.15) is 30.1 Å². The van der Waals surface area contributed by atoms with E-state index in [1.54, 1.807) is 17.9 Å². The summed E-state index contributed by atoms with van der Waals surface area (Å²) in [5.41, 5.74) is 0.0268. The quantitative estimate of drug-likeness (QED) is 0.487. The van der Waals surface area contributed by atoms with E-state index in [-0.39, 0.29) is 34.9 Å². The Kier molecular flexibility index (Phi) is 5.01. The highest BCUT2D eigenvalue weighted by Crippen LogP contribution is 2.32. The lowest BCUT2D eigenvalue weighted by atomic mass is 10.1. The number of rotatable bonds is 4. The first-order chi connectivity index (χ1) is 10.0. The Bertz CT molecular complexity index is 550. The van der Waals surface area contributed by atoms with Crippen LogP contribution < -0.4 is 4.74 Å². The Morgan fingerprint density at radius 3 is 2.95 bits per heavy atom. The molecule has 1 unspecified atom stereocenters. The normalized spacial score (nSPS) is 18.4. The number of carbonyl (C=O) groups excluding carboxylic acids is 1. The van der Waals surface area contributed by atoms with E-state index in [1.807, 2.05) is 0 Å². The number of benzene rings is 1. The average molecular weight is 313 g/mol. The topological polar surface area (TPSA) is 72.7 Å². The van der Waals surface area contributed by atoms with Crippen molar-refractivity contribution in [3.8, 4) is 5.75 Å². The smallest absolute Gasteiger partial charge is 0.311 e. The second-order valence-corrected chi connectivity index (χ2v) is 5.45. The molecule has 1 saturated heterocycles. The number of piperidine rings is 1. The fourth-order valence-electron chi connectivity index (χ4n) is 2.41. The molecule has 0 aliphatic carbocycles. The van der Waals surface area contributed by atoms with Gasteiger partial charge in [0.15, 0.2) is 0 Å². The van der Waals surface area contributed by atoms with Gasteiger partial charge in [0.05, 0.1) is 22.5 Å². The standard InChI is InChI=1S/C14H17ClN2O4/c1-2-21-13-11(6-3-7-12(13)17(19)20)14(18)16-8-4-5-10(15)9-16/h3,6-7,10H,2,4-5,8-9H2,1H3. The van der Waals surface area contributed by atoms with Crippen molar-refractivity contribution >= 4 is 23.2 Å². The summed E-state index contributed by atoms with van der Waals surface area (Å²) >= 11 is 6.09. The highest BCUT2D eigenvalue weighted by atomic mass is 35.5. The summed E-state index contributed by atoms with van der Waals surface area (Å²) in [6, 6.07) is 4.39. The van der Waals surface area contributed by atoms with E-state index in [0.29, 0.717) is 13.1 Å². The number of nitro groups is 1. The minimum atomic E-state index is -0.539. The summed E-state index contributed by atoms with van der Waals surface area (Å²) in [6.07, 6.45) is 1.71. The maximum Gasteiger partial charge on any atom is 0.311 e. The lowest BCUT2D eigenvalue weighted by Gasteiger charge is -2.30. The number of carbonyl (C=O) groups is 1. The van der Waals surface area contributed by atoms with Gasteiger partial charge < -0.3 is 9.64 Å². The summed E-state index contributed by atoms with van der Waals surface area (Å²) in [7, 11) is 0. The Labute approximate surface area is 127 Å². The van der Waals surface area contributed by atoms with Gasteiger partial charge in [-0.1, -0.05) is 6.07 Å². The Morgan fingerprint density at radius 1 is 1.57 bits per heavy atom. The minimum Gasteiger partial charge on any atom is -0.487 e. The van der Waals surface area contributed by atoms with Crippen molar-refractivity contribution in [2.75, 3.05) is 19.7 Å². The maximum absolute atomic E-state index is 12.6. The number of para-hydroxylation sites is 1. The van der Waals surface area contributed by atoms with E-state index >= 15 is 0 Å². The second-order valence-electron chi connectivity index (χ2n) is 4.83. The van der Waals surface area contributed by atoms with E-state index in [4.69, 9.17) is 16.3 Å². The molecule has 1 aliphatic rings. The van der Waals surface area contributed by atoms with Gasteiger partial charge in [0.2, 0.25) is 5.75 Å². The molecule has 1 amide bonds. The molecular formula is C14H17ClN2O4. The molecule has 0 bridgehead atoms. The van der Waals surface area contributed by atoms with Gasteiger partial charge in [-0.3, -0.25) is 14.9 Å². The molecule has 0 spiro atoms. The molecule has 1 aliphatic heterocycles. The van der Waals surface area contributed by atoms with Crippen LogP contribution in [0, 0.1) is 10.1 Å². The van der Waals surface area contributed by atoms with Crippen molar-refractivity contribution < 1.29 is 14.5 Å². The molecule has 6 nitrogen and oxygen atoms in total. The Morgan fingerprint density at radius 2 is 2.33 bits per heavy atom. The number of ether oxygens (including phenoxy) is 1. The molecule has 1 aromatic rings. The lowest BCUT2D eigenvalue weighted by molar-refractivity contribution is -0.385. The van der Waals surface area contributed by atoms with Gasteiger partial charge in [0, 0.05) is 19.2 Å². The third-order valence-corrected chi connectivity index (χ3v) is 3.72. The number of alkyl halides is 1. The molecule has 0 radical (unpaired) electrons. The lowest BCUT2D eigenvalue weighted by Crippen LogP contribution is -2.40. The monoisotopic (exact) mass is 312 g/mol. The summed E-state index contributed by atoms with van der Waals surface area (Å²) < 4.78 is 5.35. The SMILES string of the molecule is CCOc1c(C(=O)N2CCCC(Cl)C2)cccc1[N+](=O)[O-]. The zero-order valence-corrected chi connectivity index (χ0v) is 12.5. The molecule has 2 rings (SSSR count). The molecule has 1 atom stereocenters. The van der Waals surface area contributed by atoms with Crippen LogP contribution in [0.25, 0.3) is 0 Å². The highest BCUT2D eigenvalue weighted by molar-refractivity contribution is 6.21. The van der Waals surface area contributed by atoms with Crippen LogP contribution in [-0.4, -0.2) is 40.8 Å². The third kappa shape index (κ3) is 3.44. The van der Waals surface area contributed by atoms with Crippen molar-refractivity contribution in [3.63, 3.8) is 0 Å². The van der Waals surface area contributed by atoms with E-state index in [1.165, 1.54) is 12.1 Å². The van der Waals surface area contributed by atoms with E-state index in [0.717, 1.165) is 12.8 Å². The fraction of sp³-hybridized carbons (Fsp3) is 0.500. The first-order valence-electron chi connectivity index (χ1n) is 6.88. The van der Waals surface area contributed by atoms with Gasteiger partial charge in [-0.05, 0) is 25.8 Å². The first kappa shape index (κ1) is 15.6. The zero-order chi connectivity index (χ0) is 15.4. The number of likely N-dealkylation sites (tertiary alicyclic amines) is 1. The minimum absolute atomic E-state index is 0.0340. The van der Waals surface area contributed by atoms with E-state index < -0.39 is 4.92 Å². The number of nitrogens with zero attached hydrogens (tertiary/aromatic N) is 2. The van der Waals surface area contributed by atoms with Crippen LogP contribution in [0.15, 0.2) is 18.2 Å². The Hall–Kier alpha value is -1.82. The van der Waals surface area contributed by atoms with Crippen LogP contribution in [0.2, 0.25) is 0 Å². The van der Waals surface area contributed by atoms with Crippen molar-refractivity contribution in [2.24, 2.45) is 0 Å². The van der Waals surface area contributed by atoms with Crippen LogP contribution in [0.5, 0.6) is 5.75 Å². The molecule has 7 heteroatoms. The molecule has 1 aromatic carbocycles. The van der Waals surface area contributed by atoms with Gasteiger partial charge in [-0.15, -0.1) is 11.6 Å². The molecule has 21 heavy (non-hydrogen) atoms. The van der Waals surface area contributed by atoms with Gasteiger partial charge in [-0.2, -0.15) is 0 Å². The van der Waals surface area contributed by atoms with Crippen molar-refractivity contribution in [1.29, 1.82) is 0 Å². The predicted octanol–water partition coefficient (Wildman–Crippen LogP) is 2.84. The van der Waals surface area contributed by atoms with Gasteiger partial charge in [0.1, 0.15) is 0 Å². The van der Waals surface area contributed by atoms with Crippen LogP contribution in [-0.2, 0) is 0 Å². The number of hydrogen-bond acceptors (Lipinski definition) is 4. The van der Waals surface area contributed by atoms with Gasteiger partial charge in [-0.25, -0.2) is 0 Å². The fourth-order valence-corrected chi connectivity index (χ4v) is 2.73. The average Bonchev–Trinajstić information content (AvgIpc) is 2.47. The highest BCUT2D eigenvalue weighted by Gasteiger charge is 2.28. The van der Waals surface area contributed by atoms with Crippen LogP contribution in [0.3, 0.4) is 0 Å². The van der Waals surface area contributed by atoms with Gasteiger partial charge in [0.25, 0.3) is 5.91 Å².